The van der Waals surface area contributed by atoms with E-state index >= 15 is 0 Å². The molecule has 18 heavy (non-hydrogen) atoms. The van der Waals surface area contributed by atoms with E-state index in [0.717, 1.165) is 12.2 Å². The molecule has 0 heterocycles. The van der Waals surface area contributed by atoms with Gasteiger partial charge in [-0.2, -0.15) is 0 Å². The summed E-state index contributed by atoms with van der Waals surface area (Å²) in [4.78, 5) is 34.5. The lowest BCUT2D eigenvalue weighted by Gasteiger charge is -2.22. The standard InChI is InChI=1S/C12H19NO5/c1-9(2)8-13(7-6-12(17)18-3)10(14)4-5-11(15)16/h4-5,9H,6-8H2,1-3H3,(H,15,16)/b5-4+. The Morgan fingerprint density at radius 1 is 1.28 bits per heavy atom. The van der Waals surface area contributed by atoms with Gasteiger partial charge in [0.05, 0.1) is 13.5 Å². The number of hydrogen-bond acceptors (Lipinski definition) is 4. The van der Waals surface area contributed by atoms with Crippen LogP contribution in [0.5, 0.6) is 0 Å². The summed E-state index contributed by atoms with van der Waals surface area (Å²) in [7, 11) is 1.28. The van der Waals surface area contributed by atoms with Crippen molar-refractivity contribution in [3.8, 4) is 0 Å². The highest BCUT2D eigenvalue weighted by molar-refractivity contribution is 5.94. The smallest absolute Gasteiger partial charge is 0.328 e. The number of methoxy groups -OCH3 is 1. The molecule has 0 aliphatic rings. The molecular formula is C12H19NO5. The van der Waals surface area contributed by atoms with Crippen LogP contribution in [-0.2, 0) is 19.1 Å². The Labute approximate surface area is 106 Å². The molecule has 0 atom stereocenters. The van der Waals surface area contributed by atoms with Gasteiger partial charge in [-0.3, -0.25) is 9.59 Å². The van der Waals surface area contributed by atoms with E-state index in [1.165, 1.54) is 12.0 Å². The van der Waals surface area contributed by atoms with Crippen LogP contribution >= 0.6 is 0 Å². The number of hydrogen-bond donors (Lipinski definition) is 1. The molecule has 0 bridgehead atoms. The van der Waals surface area contributed by atoms with Crippen LogP contribution < -0.4 is 0 Å². The van der Waals surface area contributed by atoms with Crippen molar-refractivity contribution in [2.75, 3.05) is 20.2 Å². The molecule has 0 radical (unpaired) electrons. The summed E-state index contributed by atoms with van der Waals surface area (Å²) >= 11 is 0. The summed E-state index contributed by atoms with van der Waals surface area (Å²) in [5.74, 6) is -1.78. The van der Waals surface area contributed by atoms with Crippen molar-refractivity contribution in [1.29, 1.82) is 0 Å². The van der Waals surface area contributed by atoms with Crippen LogP contribution in [0, 0.1) is 5.92 Å². The number of ether oxygens (including phenoxy) is 1. The normalized spacial score (nSPS) is 10.7. The summed E-state index contributed by atoms with van der Waals surface area (Å²) in [6.07, 6.45) is 1.87. The number of carbonyl (C=O) groups excluding carboxylic acids is 2. The zero-order valence-corrected chi connectivity index (χ0v) is 10.9. The maximum absolute atomic E-state index is 11.7. The zero-order chi connectivity index (χ0) is 14.1. The maximum atomic E-state index is 11.7. The largest absolute Gasteiger partial charge is 0.478 e. The number of rotatable bonds is 7. The minimum Gasteiger partial charge on any atom is -0.478 e. The Kier molecular flexibility index (Phi) is 7.42. The zero-order valence-electron chi connectivity index (χ0n) is 10.9. The molecule has 0 unspecified atom stereocenters. The van der Waals surface area contributed by atoms with Gasteiger partial charge in [0.25, 0.3) is 0 Å². The number of esters is 1. The first-order valence-corrected chi connectivity index (χ1v) is 5.63. The fourth-order valence-electron chi connectivity index (χ4n) is 1.31. The van der Waals surface area contributed by atoms with E-state index in [4.69, 9.17) is 5.11 Å². The van der Waals surface area contributed by atoms with Crippen LogP contribution in [0.3, 0.4) is 0 Å². The van der Waals surface area contributed by atoms with Crippen molar-refractivity contribution in [3.63, 3.8) is 0 Å². The lowest BCUT2D eigenvalue weighted by molar-refractivity contribution is -0.141. The summed E-state index contributed by atoms with van der Waals surface area (Å²) in [5, 5.41) is 8.45. The molecule has 102 valence electrons. The number of carbonyl (C=O) groups is 3. The third-order valence-electron chi connectivity index (χ3n) is 2.08. The van der Waals surface area contributed by atoms with E-state index < -0.39 is 17.8 Å². The van der Waals surface area contributed by atoms with E-state index in [0.29, 0.717) is 6.54 Å². The van der Waals surface area contributed by atoms with Gasteiger partial charge >= 0.3 is 11.9 Å². The molecule has 0 rings (SSSR count). The second kappa shape index (κ2) is 8.27. The van der Waals surface area contributed by atoms with Crippen molar-refractivity contribution >= 4 is 17.8 Å². The van der Waals surface area contributed by atoms with Gasteiger partial charge in [-0.15, -0.1) is 0 Å². The Bertz CT molecular complexity index is 335. The summed E-state index contributed by atoms with van der Waals surface area (Å²) in [5.41, 5.74) is 0. The number of amides is 1. The van der Waals surface area contributed by atoms with Gasteiger partial charge in [-0.25, -0.2) is 4.79 Å². The van der Waals surface area contributed by atoms with Gasteiger partial charge < -0.3 is 14.7 Å². The Morgan fingerprint density at radius 3 is 2.33 bits per heavy atom. The van der Waals surface area contributed by atoms with Crippen LogP contribution in [0.25, 0.3) is 0 Å². The van der Waals surface area contributed by atoms with Crippen molar-refractivity contribution in [3.05, 3.63) is 12.2 Å². The van der Waals surface area contributed by atoms with E-state index in [1.807, 2.05) is 13.8 Å². The van der Waals surface area contributed by atoms with E-state index in [1.54, 1.807) is 0 Å². The van der Waals surface area contributed by atoms with Gasteiger partial charge in [-0.05, 0) is 5.92 Å². The van der Waals surface area contributed by atoms with Crippen molar-refractivity contribution in [2.45, 2.75) is 20.3 Å². The number of carboxylic acid groups (broad SMARTS) is 1. The van der Waals surface area contributed by atoms with Crippen LogP contribution in [-0.4, -0.2) is 48.1 Å². The summed E-state index contributed by atoms with van der Waals surface area (Å²) in [6, 6.07) is 0. The van der Waals surface area contributed by atoms with E-state index in [2.05, 4.69) is 4.74 Å². The van der Waals surface area contributed by atoms with Crippen molar-refractivity contribution < 1.29 is 24.2 Å². The lowest BCUT2D eigenvalue weighted by Crippen LogP contribution is -2.35. The second-order valence-electron chi connectivity index (χ2n) is 4.18. The number of nitrogens with zero attached hydrogens (tertiary/aromatic N) is 1. The van der Waals surface area contributed by atoms with Gasteiger partial charge in [0.2, 0.25) is 5.91 Å². The van der Waals surface area contributed by atoms with Crippen molar-refractivity contribution in [2.24, 2.45) is 5.92 Å². The van der Waals surface area contributed by atoms with Gasteiger partial charge in [-0.1, -0.05) is 13.8 Å². The summed E-state index contributed by atoms with van der Waals surface area (Å²) < 4.78 is 4.49. The topological polar surface area (TPSA) is 83.9 Å². The molecule has 0 aromatic heterocycles. The molecule has 0 aliphatic carbocycles. The lowest BCUT2D eigenvalue weighted by atomic mass is 10.2. The molecule has 0 aromatic rings. The Morgan fingerprint density at radius 2 is 1.89 bits per heavy atom. The fourth-order valence-corrected chi connectivity index (χ4v) is 1.31. The van der Waals surface area contributed by atoms with E-state index in [-0.39, 0.29) is 18.9 Å². The molecule has 0 aliphatic heterocycles. The molecule has 0 aromatic carbocycles. The first-order valence-electron chi connectivity index (χ1n) is 5.63. The number of aliphatic carboxylic acids is 1. The van der Waals surface area contributed by atoms with Crippen LogP contribution in [0.4, 0.5) is 0 Å². The Hall–Kier alpha value is -1.85. The first-order chi connectivity index (χ1) is 8.36. The second-order valence-corrected chi connectivity index (χ2v) is 4.18. The maximum Gasteiger partial charge on any atom is 0.328 e. The first kappa shape index (κ1) is 16.1. The average Bonchev–Trinajstić information content (AvgIpc) is 2.30. The molecule has 0 fully saturated rings. The molecule has 6 heteroatoms. The summed E-state index contributed by atoms with van der Waals surface area (Å²) in [6.45, 7) is 4.53. The Balaban J connectivity index is 4.51. The average molecular weight is 257 g/mol. The molecule has 0 saturated heterocycles. The molecule has 0 saturated carbocycles. The predicted octanol–water partition coefficient (Wildman–Crippen LogP) is 0.675. The van der Waals surface area contributed by atoms with Crippen LogP contribution in [0.2, 0.25) is 0 Å². The highest BCUT2D eigenvalue weighted by Crippen LogP contribution is 2.02. The quantitative estimate of drug-likeness (QED) is 0.535. The van der Waals surface area contributed by atoms with Gasteiger partial charge in [0.1, 0.15) is 0 Å². The minimum atomic E-state index is -1.18. The number of carboxylic acids is 1. The highest BCUT2D eigenvalue weighted by atomic mass is 16.5. The predicted molar refractivity (Wildman–Crippen MR) is 64.8 cm³/mol. The minimum absolute atomic E-state index is 0.0931. The van der Waals surface area contributed by atoms with Crippen LogP contribution in [0.15, 0.2) is 12.2 Å². The van der Waals surface area contributed by atoms with Gasteiger partial charge in [0.15, 0.2) is 0 Å². The van der Waals surface area contributed by atoms with Gasteiger partial charge in [0, 0.05) is 25.2 Å². The van der Waals surface area contributed by atoms with Crippen LogP contribution in [0.1, 0.15) is 20.3 Å². The molecule has 1 amide bonds. The molecule has 6 nitrogen and oxygen atoms in total. The monoisotopic (exact) mass is 257 g/mol. The fraction of sp³-hybridized carbons (Fsp3) is 0.583. The molecular weight excluding hydrogens is 238 g/mol. The highest BCUT2D eigenvalue weighted by Gasteiger charge is 2.14. The SMILES string of the molecule is COC(=O)CCN(CC(C)C)C(=O)/C=C/C(=O)O. The van der Waals surface area contributed by atoms with E-state index in [9.17, 15) is 14.4 Å². The van der Waals surface area contributed by atoms with Crippen molar-refractivity contribution in [1.82, 2.24) is 4.90 Å². The third kappa shape index (κ3) is 7.43. The molecule has 0 spiro atoms. The third-order valence-corrected chi connectivity index (χ3v) is 2.08. The molecule has 1 N–H and O–H groups in total.